The summed E-state index contributed by atoms with van der Waals surface area (Å²) in [5.41, 5.74) is 7.57. The van der Waals surface area contributed by atoms with Crippen LogP contribution in [0.25, 0.3) is 22.0 Å². The Bertz CT molecular complexity index is 820. The highest BCUT2D eigenvalue weighted by Gasteiger charge is 2.16. The summed E-state index contributed by atoms with van der Waals surface area (Å²) >= 11 is 7.35. The fraction of sp³-hybridized carbons (Fsp3) is 0.0769. The van der Waals surface area contributed by atoms with Crippen molar-refractivity contribution in [3.8, 4) is 27.7 Å². The number of nitrogens with zero attached hydrogens (tertiary/aromatic N) is 4. The molecule has 0 spiro atoms. The molecule has 0 aliphatic carbocycles. The van der Waals surface area contributed by atoms with Gasteiger partial charge in [-0.1, -0.05) is 22.9 Å². The van der Waals surface area contributed by atoms with Gasteiger partial charge in [-0.25, -0.2) is 4.98 Å². The number of anilines is 1. The van der Waals surface area contributed by atoms with Crippen LogP contribution in [0.15, 0.2) is 24.4 Å². The molecule has 0 atom stereocenters. The Morgan fingerprint density at radius 3 is 2.71 bits per heavy atom. The summed E-state index contributed by atoms with van der Waals surface area (Å²) in [7, 11) is 0. The van der Waals surface area contributed by atoms with E-state index in [4.69, 9.17) is 17.3 Å². The predicted octanol–water partition coefficient (Wildman–Crippen LogP) is 2.91. The topological polar surface area (TPSA) is 97.8 Å². The van der Waals surface area contributed by atoms with Crippen LogP contribution in [0, 0.1) is 6.92 Å². The lowest BCUT2D eigenvalue weighted by Gasteiger charge is -2.07. The van der Waals surface area contributed by atoms with E-state index in [-0.39, 0.29) is 10.8 Å². The van der Waals surface area contributed by atoms with E-state index >= 15 is 0 Å². The molecule has 106 valence electrons. The normalized spacial score (nSPS) is 10.8. The summed E-state index contributed by atoms with van der Waals surface area (Å²) in [4.78, 5) is 8.62. The smallest absolute Gasteiger partial charge is 0.168 e. The van der Waals surface area contributed by atoms with Gasteiger partial charge in [0.15, 0.2) is 5.01 Å². The molecular weight excluding hydrogens is 310 g/mol. The molecule has 0 radical (unpaired) electrons. The molecule has 8 heteroatoms. The van der Waals surface area contributed by atoms with Gasteiger partial charge in [0.05, 0.1) is 16.9 Å². The first kappa shape index (κ1) is 13.7. The van der Waals surface area contributed by atoms with Crippen molar-refractivity contribution in [1.29, 1.82) is 0 Å². The van der Waals surface area contributed by atoms with Crippen molar-refractivity contribution >= 4 is 28.8 Å². The lowest BCUT2D eigenvalue weighted by Crippen LogP contribution is -1.98. The lowest BCUT2D eigenvalue weighted by atomic mass is 10.1. The Balaban J connectivity index is 2.20. The number of benzene rings is 1. The Morgan fingerprint density at radius 2 is 2.05 bits per heavy atom. The fourth-order valence-electron chi connectivity index (χ4n) is 1.81. The molecule has 6 nitrogen and oxygen atoms in total. The third kappa shape index (κ3) is 2.65. The summed E-state index contributed by atoms with van der Waals surface area (Å²) < 4.78 is 0. The van der Waals surface area contributed by atoms with Gasteiger partial charge in [0.25, 0.3) is 0 Å². The first-order valence-electron chi connectivity index (χ1n) is 5.96. The molecule has 0 fully saturated rings. The SMILES string of the molecule is Cc1nnc(-c2nc(N)cnc2-c2ccc(O)c(Cl)c2)s1. The first-order valence-corrected chi connectivity index (χ1v) is 7.16. The van der Waals surface area contributed by atoms with Crippen LogP contribution < -0.4 is 5.73 Å². The minimum absolute atomic E-state index is 0.0112. The second kappa shape index (κ2) is 5.27. The van der Waals surface area contributed by atoms with Gasteiger partial charge in [0.1, 0.15) is 22.3 Å². The average Bonchev–Trinajstić information content (AvgIpc) is 2.88. The largest absolute Gasteiger partial charge is 0.506 e. The Labute approximate surface area is 129 Å². The monoisotopic (exact) mass is 319 g/mol. The molecule has 0 saturated carbocycles. The van der Waals surface area contributed by atoms with Gasteiger partial charge in [-0.3, -0.25) is 4.98 Å². The maximum absolute atomic E-state index is 9.52. The molecule has 1 aromatic carbocycles. The maximum Gasteiger partial charge on any atom is 0.168 e. The van der Waals surface area contributed by atoms with Gasteiger partial charge in [-0.2, -0.15) is 0 Å². The van der Waals surface area contributed by atoms with Gasteiger partial charge < -0.3 is 10.8 Å². The summed E-state index contributed by atoms with van der Waals surface area (Å²) in [5.74, 6) is 0.309. The summed E-state index contributed by atoms with van der Waals surface area (Å²) in [6.45, 7) is 1.86. The van der Waals surface area contributed by atoms with Crippen molar-refractivity contribution in [2.45, 2.75) is 6.92 Å². The van der Waals surface area contributed by atoms with E-state index < -0.39 is 0 Å². The van der Waals surface area contributed by atoms with E-state index in [0.717, 1.165) is 5.01 Å². The Kier molecular flexibility index (Phi) is 3.44. The summed E-state index contributed by atoms with van der Waals surface area (Å²) in [6.07, 6.45) is 1.47. The summed E-state index contributed by atoms with van der Waals surface area (Å²) in [6, 6.07) is 4.83. The molecule has 0 bridgehead atoms. The van der Waals surface area contributed by atoms with Gasteiger partial charge in [-0.15, -0.1) is 10.2 Å². The van der Waals surface area contributed by atoms with E-state index in [1.165, 1.54) is 23.6 Å². The molecule has 3 aromatic rings. The van der Waals surface area contributed by atoms with Crippen molar-refractivity contribution in [1.82, 2.24) is 20.2 Å². The molecule has 2 heterocycles. The van der Waals surface area contributed by atoms with Crippen molar-refractivity contribution in [3.05, 3.63) is 34.4 Å². The van der Waals surface area contributed by atoms with E-state index in [1.54, 1.807) is 12.1 Å². The minimum atomic E-state index is 0.0112. The number of phenolic OH excluding ortho intramolecular Hbond substituents is 1. The van der Waals surface area contributed by atoms with Gasteiger partial charge in [-0.05, 0) is 25.1 Å². The molecule has 3 N–H and O–H groups in total. The first-order chi connectivity index (χ1) is 10.0. The van der Waals surface area contributed by atoms with Crippen LogP contribution in [-0.4, -0.2) is 25.3 Å². The van der Waals surface area contributed by atoms with Crippen LogP contribution in [0.4, 0.5) is 5.82 Å². The van der Waals surface area contributed by atoms with E-state index in [9.17, 15) is 5.11 Å². The minimum Gasteiger partial charge on any atom is -0.506 e. The van der Waals surface area contributed by atoms with Crippen LogP contribution >= 0.6 is 22.9 Å². The molecular formula is C13H10ClN5OS. The molecule has 0 unspecified atom stereocenters. The second-order valence-electron chi connectivity index (χ2n) is 4.28. The number of nitrogens with two attached hydrogens (primary N) is 1. The lowest BCUT2D eigenvalue weighted by molar-refractivity contribution is 0.475. The highest BCUT2D eigenvalue weighted by Crippen LogP contribution is 2.34. The van der Waals surface area contributed by atoms with Gasteiger partial charge in [0.2, 0.25) is 0 Å². The molecule has 2 aromatic heterocycles. The average molecular weight is 320 g/mol. The zero-order valence-electron chi connectivity index (χ0n) is 10.9. The highest BCUT2D eigenvalue weighted by atomic mass is 35.5. The third-order valence-electron chi connectivity index (χ3n) is 2.74. The molecule has 0 amide bonds. The summed E-state index contributed by atoms with van der Waals surface area (Å²) in [5, 5.41) is 19.3. The number of aromatic hydroxyl groups is 1. The van der Waals surface area contributed by atoms with Crippen molar-refractivity contribution in [2.24, 2.45) is 0 Å². The fourth-order valence-corrected chi connectivity index (χ4v) is 2.67. The van der Waals surface area contributed by atoms with Gasteiger partial charge in [0, 0.05) is 5.56 Å². The zero-order chi connectivity index (χ0) is 15.0. The molecule has 0 aliphatic rings. The van der Waals surface area contributed by atoms with Crippen LogP contribution in [0.1, 0.15) is 5.01 Å². The Morgan fingerprint density at radius 1 is 1.24 bits per heavy atom. The van der Waals surface area contributed by atoms with Crippen LogP contribution in [0.3, 0.4) is 0 Å². The highest BCUT2D eigenvalue weighted by molar-refractivity contribution is 7.14. The second-order valence-corrected chi connectivity index (χ2v) is 5.87. The molecule has 0 aliphatic heterocycles. The maximum atomic E-state index is 9.52. The Hall–Kier alpha value is -2.25. The molecule has 21 heavy (non-hydrogen) atoms. The number of hydrogen-bond acceptors (Lipinski definition) is 7. The van der Waals surface area contributed by atoms with E-state index in [0.29, 0.717) is 27.8 Å². The van der Waals surface area contributed by atoms with Crippen LogP contribution in [0.5, 0.6) is 5.75 Å². The van der Waals surface area contributed by atoms with Crippen LogP contribution in [0.2, 0.25) is 5.02 Å². The molecule has 3 rings (SSSR count). The number of aromatic nitrogens is 4. The van der Waals surface area contributed by atoms with Crippen molar-refractivity contribution < 1.29 is 5.11 Å². The number of halogens is 1. The van der Waals surface area contributed by atoms with Gasteiger partial charge >= 0.3 is 0 Å². The molecule has 0 saturated heterocycles. The van der Waals surface area contributed by atoms with E-state index in [2.05, 4.69) is 20.2 Å². The van der Waals surface area contributed by atoms with Crippen molar-refractivity contribution in [2.75, 3.05) is 5.73 Å². The zero-order valence-corrected chi connectivity index (χ0v) is 12.5. The van der Waals surface area contributed by atoms with E-state index in [1.807, 2.05) is 6.92 Å². The van der Waals surface area contributed by atoms with Crippen molar-refractivity contribution in [3.63, 3.8) is 0 Å². The van der Waals surface area contributed by atoms with Crippen LogP contribution in [-0.2, 0) is 0 Å². The number of phenols is 1. The predicted molar refractivity (Wildman–Crippen MR) is 82.2 cm³/mol. The number of hydrogen-bond donors (Lipinski definition) is 2. The standard InChI is InChI=1S/C13H10ClN5OS/c1-6-18-19-13(21-6)12-11(16-5-10(15)17-12)7-2-3-9(20)8(14)4-7/h2-5,20H,1H3,(H2,15,17). The quantitative estimate of drug-likeness (QED) is 0.753. The number of aryl methyl sites for hydroxylation is 1. The number of rotatable bonds is 2. The third-order valence-corrected chi connectivity index (χ3v) is 3.89. The number of nitrogen functional groups attached to an aromatic ring is 1.